The summed E-state index contributed by atoms with van der Waals surface area (Å²) in [5, 5.41) is 3.05. The minimum Gasteiger partial charge on any atom is -0.497 e. The highest BCUT2D eigenvalue weighted by Gasteiger charge is 2.20. The monoisotopic (exact) mass is 381 g/mol. The highest BCUT2D eigenvalue weighted by Crippen LogP contribution is 2.11. The minimum absolute atomic E-state index is 0.0532. The Balaban J connectivity index is 1.30. The topological polar surface area (TPSA) is 44.8 Å². The number of carbonyl (C=O) groups excluding carboxylic acids is 1. The van der Waals surface area contributed by atoms with Crippen molar-refractivity contribution in [3.8, 4) is 5.75 Å². The first-order valence-corrected chi connectivity index (χ1v) is 10.2. The van der Waals surface area contributed by atoms with Crippen molar-refractivity contribution in [2.75, 3.05) is 46.4 Å². The largest absolute Gasteiger partial charge is 0.497 e. The smallest absolute Gasteiger partial charge is 0.317 e. The van der Waals surface area contributed by atoms with Crippen molar-refractivity contribution in [3.05, 3.63) is 65.7 Å². The molecule has 0 spiro atoms. The average Bonchev–Trinajstić information content (AvgIpc) is 2.75. The molecule has 0 atom stereocenters. The van der Waals surface area contributed by atoms with E-state index in [1.165, 1.54) is 11.1 Å². The number of nitrogens with zero attached hydrogens (tertiary/aromatic N) is 2. The summed E-state index contributed by atoms with van der Waals surface area (Å²) in [5.74, 6) is 0.856. The first-order valence-electron chi connectivity index (χ1n) is 10.2. The van der Waals surface area contributed by atoms with Crippen LogP contribution in [0.15, 0.2) is 54.6 Å². The lowest BCUT2D eigenvalue weighted by Crippen LogP contribution is -2.52. The van der Waals surface area contributed by atoms with Crippen LogP contribution in [0.1, 0.15) is 17.5 Å². The van der Waals surface area contributed by atoms with Crippen molar-refractivity contribution in [1.29, 1.82) is 0 Å². The summed E-state index contributed by atoms with van der Waals surface area (Å²) in [6, 6.07) is 18.7. The molecule has 150 valence electrons. The van der Waals surface area contributed by atoms with Crippen molar-refractivity contribution in [1.82, 2.24) is 15.1 Å². The van der Waals surface area contributed by atoms with Crippen LogP contribution < -0.4 is 10.1 Å². The van der Waals surface area contributed by atoms with E-state index < -0.39 is 0 Å². The van der Waals surface area contributed by atoms with Gasteiger partial charge in [-0.15, -0.1) is 0 Å². The fourth-order valence-electron chi connectivity index (χ4n) is 3.54. The van der Waals surface area contributed by atoms with Crippen molar-refractivity contribution >= 4 is 6.03 Å². The molecule has 0 bridgehead atoms. The molecule has 5 heteroatoms. The van der Waals surface area contributed by atoms with Crippen molar-refractivity contribution in [2.24, 2.45) is 0 Å². The van der Waals surface area contributed by atoms with Gasteiger partial charge in [0.2, 0.25) is 0 Å². The zero-order valence-electron chi connectivity index (χ0n) is 16.8. The predicted molar refractivity (Wildman–Crippen MR) is 113 cm³/mol. The van der Waals surface area contributed by atoms with Gasteiger partial charge in [-0.25, -0.2) is 4.79 Å². The van der Waals surface area contributed by atoms with E-state index in [1.54, 1.807) is 7.11 Å². The Bertz CT molecular complexity index is 710. The summed E-state index contributed by atoms with van der Waals surface area (Å²) in [4.78, 5) is 16.8. The Hall–Kier alpha value is -2.53. The van der Waals surface area contributed by atoms with Crippen LogP contribution in [0.5, 0.6) is 5.75 Å². The van der Waals surface area contributed by atoms with Crippen LogP contribution in [-0.2, 0) is 12.8 Å². The normalized spacial score (nSPS) is 14.7. The second-order valence-electron chi connectivity index (χ2n) is 7.25. The van der Waals surface area contributed by atoms with Gasteiger partial charge < -0.3 is 15.0 Å². The molecule has 0 unspecified atom stereocenters. The Morgan fingerprint density at radius 1 is 0.929 bits per heavy atom. The maximum atomic E-state index is 12.4. The molecular weight excluding hydrogens is 350 g/mol. The molecule has 1 fully saturated rings. The van der Waals surface area contributed by atoms with E-state index in [0.717, 1.165) is 57.7 Å². The van der Waals surface area contributed by atoms with E-state index in [2.05, 4.69) is 40.5 Å². The molecular formula is C23H31N3O2. The number of aryl methyl sites for hydroxylation is 1. The fourth-order valence-corrected chi connectivity index (χ4v) is 3.54. The molecule has 0 aliphatic carbocycles. The SMILES string of the molecule is COc1ccc(CCNC(=O)N2CCN(CCCc3ccccc3)CC2)cc1. The number of urea groups is 1. The van der Waals surface area contributed by atoms with Gasteiger partial charge in [-0.05, 0) is 49.1 Å². The summed E-state index contributed by atoms with van der Waals surface area (Å²) < 4.78 is 5.17. The molecule has 3 rings (SSSR count). The molecule has 1 N–H and O–H groups in total. The Kier molecular flexibility index (Phi) is 7.73. The fraction of sp³-hybridized carbons (Fsp3) is 0.435. The average molecular weight is 382 g/mol. The lowest BCUT2D eigenvalue weighted by molar-refractivity contribution is 0.138. The molecule has 1 aliphatic rings. The molecule has 0 aromatic heterocycles. The number of hydrogen-bond donors (Lipinski definition) is 1. The third-order valence-corrected chi connectivity index (χ3v) is 5.29. The van der Waals surface area contributed by atoms with Gasteiger partial charge in [0.05, 0.1) is 7.11 Å². The zero-order chi connectivity index (χ0) is 19.6. The van der Waals surface area contributed by atoms with Crippen LogP contribution in [0.4, 0.5) is 4.79 Å². The number of rotatable bonds is 8. The van der Waals surface area contributed by atoms with E-state index in [1.807, 2.05) is 29.2 Å². The summed E-state index contributed by atoms with van der Waals surface area (Å²) in [6.07, 6.45) is 3.11. The Morgan fingerprint density at radius 3 is 2.29 bits per heavy atom. The van der Waals surface area contributed by atoms with E-state index in [-0.39, 0.29) is 6.03 Å². The first kappa shape index (κ1) is 20.2. The van der Waals surface area contributed by atoms with Crippen LogP contribution in [0.25, 0.3) is 0 Å². The van der Waals surface area contributed by atoms with Gasteiger partial charge in [0.25, 0.3) is 0 Å². The maximum absolute atomic E-state index is 12.4. The number of nitrogens with one attached hydrogen (secondary N) is 1. The van der Waals surface area contributed by atoms with Crippen LogP contribution in [0, 0.1) is 0 Å². The highest BCUT2D eigenvalue weighted by molar-refractivity contribution is 5.74. The number of piperazine rings is 1. The van der Waals surface area contributed by atoms with Gasteiger partial charge in [-0.2, -0.15) is 0 Å². The number of hydrogen-bond acceptors (Lipinski definition) is 3. The zero-order valence-corrected chi connectivity index (χ0v) is 16.8. The molecule has 5 nitrogen and oxygen atoms in total. The molecule has 2 amide bonds. The number of methoxy groups -OCH3 is 1. The van der Waals surface area contributed by atoms with Gasteiger partial charge in [0.1, 0.15) is 5.75 Å². The van der Waals surface area contributed by atoms with Crippen LogP contribution in [-0.4, -0.2) is 62.2 Å². The quantitative estimate of drug-likeness (QED) is 0.764. The summed E-state index contributed by atoms with van der Waals surface area (Å²) in [6.45, 7) is 5.28. The molecule has 2 aromatic rings. The number of benzene rings is 2. The molecule has 0 saturated carbocycles. The van der Waals surface area contributed by atoms with Gasteiger partial charge in [0, 0.05) is 32.7 Å². The summed E-state index contributed by atoms with van der Waals surface area (Å²) >= 11 is 0. The Morgan fingerprint density at radius 2 is 1.61 bits per heavy atom. The number of amides is 2. The number of ether oxygens (including phenoxy) is 1. The maximum Gasteiger partial charge on any atom is 0.317 e. The lowest BCUT2D eigenvalue weighted by Gasteiger charge is -2.34. The van der Waals surface area contributed by atoms with Gasteiger partial charge in [-0.1, -0.05) is 42.5 Å². The first-order chi connectivity index (χ1) is 13.7. The predicted octanol–water partition coefficient (Wildman–Crippen LogP) is 3.20. The molecule has 0 radical (unpaired) electrons. The molecule has 1 aliphatic heterocycles. The van der Waals surface area contributed by atoms with Gasteiger partial charge >= 0.3 is 6.03 Å². The molecule has 1 heterocycles. The highest BCUT2D eigenvalue weighted by atomic mass is 16.5. The van der Waals surface area contributed by atoms with E-state index in [9.17, 15) is 4.79 Å². The minimum atomic E-state index is 0.0532. The molecule has 1 saturated heterocycles. The van der Waals surface area contributed by atoms with Crippen LogP contribution in [0.2, 0.25) is 0 Å². The second-order valence-corrected chi connectivity index (χ2v) is 7.25. The van der Waals surface area contributed by atoms with E-state index in [0.29, 0.717) is 6.54 Å². The van der Waals surface area contributed by atoms with Crippen molar-refractivity contribution in [3.63, 3.8) is 0 Å². The van der Waals surface area contributed by atoms with Crippen LogP contribution in [0.3, 0.4) is 0 Å². The standard InChI is InChI=1S/C23H31N3O2/c1-28-22-11-9-21(10-12-22)13-14-24-23(27)26-18-16-25(17-19-26)15-5-8-20-6-3-2-4-7-20/h2-4,6-7,9-12H,5,8,13-19H2,1H3,(H,24,27). The summed E-state index contributed by atoms with van der Waals surface area (Å²) in [7, 11) is 1.66. The third-order valence-electron chi connectivity index (χ3n) is 5.29. The summed E-state index contributed by atoms with van der Waals surface area (Å²) in [5.41, 5.74) is 2.60. The van der Waals surface area contributed by atoms with Crippen molar-refractivity contribution < 1.29 is 9.53 Å². The molecule has 2 aromatic carbocycles. The van der Waals surface area contributed by atoms with Crippen molar-refractivity contribution in [2.45, 2.75) is 19.3 Å². The van der Waals surface area contributed by atoms with E-state index >= 15 is 0 Å². The van der Waals surface area contributed by atoms with Crippen LogP contribution >= 0.6 is 0 Å². The Labute approximate surface area is 168 Å². The second kappa shape index (κ2) is 10.7. The van der Waals surface area contributed by atoms with Gasteiger partial charge in [-0.3, -0.25) is 4.90 Å². The number of carbonyl (C=O) groups is 1. The lowest BCUT2D eigenvalue weighted by atomic mass is 10.1. The van der Waals surface area contributed by atoms with Gasteiger partial charge in [0.15, 0.2) is 0 Å². The third kappa shape index (κ3) is 6.27. The van der Waals surface area contributed by atoms with E-state index in [4.69, 9.17) is 4.74 Å². The molecule has 28 heavy (non-hydrogen) atoms.